The van der Waals surface area contributed by atoms with E-state index in [1.54, 1.807) is 0 Å². The fourth-order valence-corrected chi connectivity index (χ4v) is 4.48. The number of ketones is 1. The van der Waals surface area contributed by atoms with E-state index in [1.165, 1.54) is 0 Å². The van der Waals surface area contributed by atoms with Crippen molar-refractivity contribution in [3.05, 3.63) is 29.8 Å². The molecule has 3 aliphatic rings. The predicted octanol–water partition coefficient (Wildman–Crippen LogP) is 3.02. The zero-order valence-corrected chi connectivity index (χ0v) is 13.3. The third-order valence-corrected chi connectivity index (χ3v) is 5.69. The molecule has 1 N–H and O–H groups in total. The SMILES string of the molecule is O=C(N[C@@H]1CCOc2ccccc21)C1C[C@H]2CCC[C@@H](C1)C2=O. The van der Waals surface area contributed by atoms with E-state index in [0.717, 1.165) is 49.8 Å². The van der Waals surface area contributed by atoms with E-state index in [9.17, 15) is 9.59 Å². The van der Waals surface area contributed by atoms with Gasteiger partial charge in [-0.3, -0.25) is 9.59 Å². The van der Waals surface area contributed by atoms with Crippen LogP contribution in [0, 0.1) is 17.8 Å². The standard InChI is InChI=1S/C19H23NO3/c21-18-12-4-3-5-13(18)11-14(10-12)19(22)20-16-8-9-23-17-7-2-1-6-15(16)17/h1-2,6-7,12-14,16H,3-5,8-11H2,(H,20,22)/t12-,13+,14?,16-/m1/s1. The maximum atomic E-state index is 12.8. The van der Waals surface area contributed by atoms with Gasteiger partial charge in [-0.1, -0.05) is 24.6 Å². The number of fused-ring (bicyclic) bond motifs is 3. The Kier molecular flexibility index (Phi) is 3.83. The van der Waals surface area contributed by atoms with Gasteiger partial charge in [0, 0.05) is 29.7 Å². The van der Waals surface area contributed by atoms with Gasteiger partial charge >= 0.3 is 0 Å². The molecule has 0 radical (unpaired) electrons. The van der Waals surface area contributed by atoms with Crippen LogP contribution in [0.25, 0.3) is 0 Å². The molecule has 1 aliphatic heterocycles. The Morgan fingerprint density at radius 3 is 2.61 bits per heavy atom. The lowest BCUT2D eigenvalue weighted by atomic mass is 9.67. The highest BCUT2D eigenvalue weighted by atomic mass is 16.5. The minimum Gasteiger partial charge on any atom is -0.493 e. The molecule has 4 heteroatoms. The zero-order chi connectivity index (χ0) is 15.8. The van der Waals surface area contributed by atoms with Crippen molar-refractivity contribution in [1.82, 2.24) is 5.32 Å². The average Bonchev–Trinajstić information content (AvgIpc) is 2.55. The zero-order valence-electron chi connectivity index (χ0n) is 13.3. The van der Waals surface area contributed by atoms with Crippen molar-refractivity contribution in [1.29, 1.82) is 0 Å². The van der Waals surface area contributed by atoms with Crippen LogP contribution in [0.3, 0.4) is 0 Å². The summed E-state index contributed by atoms with van der Waals surface area (Å²) in [6.45, 7) is 0.635. The fourth-order valence-electron chi connectivity index (χ4n) is 4.48. The van der Waals surface area contributed by atoms with Gasteiger partial charge in [0.05, 0.1) is 12.6 Å². The molecule has 4 rings (SSSR count). The fraction of sp³-hybridized carbons (Fsp3) is 0.579. The topological polar surface area (TPSA) is 55.4 Å². The van der Waals surface area contributed by atoms with E-state index in [4.69, 9.17) is 4.74 Å². The van der Waals surface area contributed by atoms with Gasteiger partial charge in [0.1, 0.15) is 11.5 Å². The van der Waals surface area contributed by atoms with Crippen LogP contribution in [-0.4, -0.2) is 18.3 Å². The molecule has 1 unspecified atom stereocenters. The minimum atomic E-state index is -0.00185. The van der Waals surface area contributed by atoms with Crippen molar-refractivity contribution in [2.45, 2.75) is 44.6 Å². The molecule has 1 heterocycles. The Morgan fingerprint density at radius 1 is 1.09 bits per heavy atom. The molecule has 2 saturated carbocycles. The molecule has 0 spiro atoms. The number of rotatable bonds is 2. The van der Waals surface area contributed by atoms with Crippen molar-refractivity contribution in [2.75, 3.05) is 6.61 Å². The Balaban J connectivity index is 1.46. The molecule has 4 atom stereocenters. The monoisotopic (exact) mass is 313 g/mol. The summed E-state index contributed by atoms with van der Waals surface area (Å²) >= 11 is 0. The van der Waals surface area contributed by atoms with Crippen LogP contribution in [0.1, 0.15) is 50.1 Å². The third-order valence-electron chi connectivity index (χ3n) is 5.69. The van der Waals surface area contributed by atoms with Crippen molar-refractivity contribution in [3.8, 4) is 5.75 Å². The van der Waals surface area contributed by atoms with Gasteiger partial charge in [-0.2, -0.15) is 0 Å². The second-order valence-electron chi connectivity index (χ2n) is 7.13. The number of carbonyl (C=O) groups is 2. The molecule has 23 heavy (non-hydrogen) atoms. The smallest absolute Gasteiger partial charge is 0.223 e. The van der Waals surface area contributed by atoms with Crippen molar-refractivity contribution >= 4 is 11.7 Å². The number of ether oxygens (including phenoxy) is 1. The molecule has 0 saturated heterocycles. The first-order valence-electron chi connectivity index (χ1n) is 8.78. The number of para-hydroxylation sites is 1. The summed E-state index contributed by atoms with van der Waals surface area (Å²) in [5, 5.41) is 3.22. The maximum absolute atomic E-state index is 12.8. The molecule has 1 aromatic rings. The Morgan fingerprint density at radius 2 is 1.83 bits per heavy atom. The van der Waals surface area contributed by atoms with E-state index >= 15 is 0 Å². The summed E-state index contributed by atoms with van der Waals surface area (Å²) < 4.78 is 5.66. The lowest BCUT2D eigenvalue weighted by Crippen LogP contribution is -2.44. The van der Waals surface area contributed by atoms with Crippen LogP contribution in [0.2, 0.25) is 0 Å². The molecule has 2 fully saturated rings. The van der Waals surface area contributed by atoms with E-state index in [1.807, 2.05) is 24.3 Å². The van der Waals surface area contributed by atoms with E-state index in [2.05, 4.69) is 5.32 Å². The van der Waals surface area contributed by atoms with Crippen LogP contribution in [0.5, 0.6) is 5.75 Å². The molecule has 4 nitrogen and oxygen atoms in total. The van der Waals surface area contributed by atoms with Crippen molar-refractivity contribution in [2.24, 2.45) is 17.8 Å². The van der Waals surface area contributed by atoms with Crippen LogP contribution in [0.4, 0.5) is 0 Å². The number of benzene rings is 1. The van der Waals surface area contributed by atoms with Gasteiger partial charge in [-0.05, 0) is 31.7 Å². The largest absolute Gasteiger partial charge is 0.493 e. The number of hydrogen-bond donors (Lipinski definition) is 1. The molecular formula is C19H23NO3. The molecule has 2 bridgehead atoms. The Labute approximate surface area is 136 Å². The number of hydrogen-bond acceptors (Lipinski definition) is 3. The summed E-state index contributed by atoms with van der Waals surface area (Å²) in [5.74, 6) is 1.66. The minimum absolute atomic E-state index is 0.00185. The summed E-state index contributed by atoms with van der Waals surface area (Å²) in [7, 11) is 0. The first kappa shape index (κ1) is 14.7. The molecule has 0 aromatic heterocycles. The number of amides is 1. The number of nitrogens with one attached hydrogen (secondary N) is 1. The first-order chi connectivity index (χ1) is 11.2. The lowest BCUT2D eigenvalue weighted by Gasteiger charge is -2.37. The second-order valence-corrected chi connectivity index (χ2v) is 7.13. The predicted molar refractivity (Wildman–Crippen MR) is 86.0 cm³/mol. The molecule has 1 amide bonds. The van der Waals surface area contributed by atoms with Gasteiger partial charge in [0.25, 0.3) is 0 Å². The van der Waals surface area contributed by atoms with Crippen LogP contribution in [-0.2, 0) is 9.59 Å². The van der Waals surface area contributed by atoms with E-state index in [0.29, 0.717) is 12.4 Å². The van der Waals surface area contributed by atoms with Gasteiger partial charge in [-0.25, -0.2) is 0 Å². The second kappa shape index (κ2) is 5.99. The Bertz CT molecular complexity index is 611. The number of Topliss-reactive ketones (excluding diaryl/α,β-unsaturated/α-hetero) is 1. The lowest BCUT2D eigenvalue weighted by molar-refractivity contribution is -0.138. The van der Waals surface area contributed by atoms with Gasteiger partial charge < -0.3 is 10.1 Å². The maximum Gasteiger partial charge on any atom is 0.223 e. The van der Waals surface area contributed by atoms with Gasteiger partial charge in [0.2, 0.25) is 5.91 Å². The average molecular weight is 313 g/mol. The van der Waals surface area contributed by atoms with Gasteiger partial charge in [0.15, 0.2) is 0 Å². The van der Waals surface area contributed by atoms with Crippen LogP contribution in [0.15, 0.2) is 24.3 Å². The molecule has 1 aromatic carbocycles. The summed E-state index contributed by atoms with van der Waals surface area (Å²) in [4.78, 5) is 24.9. The van der Waals surface area contributed by atoms with Crippen LogP contribution < -0.4 is 10.1 Å². The normalized spacial score (nSPS) is 32.6. The molecule has 122 valence electrons. The first-order valence-corrected chi connectivity index (χ1v) is 8.78. The summed E-state index contributed by atoms with van der Waals surface area (Å²) in [5.41, 5.74) is 1.07. The Hall–Kier alpha value is -1.84. The van der Waals surface area contributed by atoms with E-state index in [-0.39, 0.29) is 29.7 Å². The van der Waals surface area contributed by atoms with Gasteiger partial charge in [-0.15, -0.1) is 0 Å². The van der Waals surface area contributed by atoms with Crippen molar-refractivity contribution < 1.29 is 14.3 Å². The quantitative estimate of drug-likeness (QED) is 0.913. The molecule has 2 aliphatic carbocycles. The highest BCUT2D eigenvalue weighted by Crippen LogP contribution is 2.40. The molecular weight excluding hydrogens is 290 g/mol. The van der Waals surface area contributed by atoms with Crippen LogP contribution >= 0.6 is 0 Å². The third kappa shape index (κ3) is 2.75. The summed E-state index contributed by atoms with van der Waals surface area (Å²) in [6, 6.07) is 7.95. The highest BCUT2D eigenvalue weighted by Gasteiger charge is 2.41. The van der Waals surface area contributed by atoms with Crippen molar-refractivity contribution in [3.63, 3.8) is 0 Å². The van der Waals surface area contributed by atoms with E-state index < -0.39 is 0 Å². The highest BCUT2D eigenvalue weighted by molar-refractivity contribution is 5.88. The number of carbonyl (C=O) groups excluding carboxylic acids is 2. The summed E-state index contributed by atoms with van der Waals surface area (Å²) in [6.07, 6.45) is 5.38.